The summed E-state index contributed by atoms with van der Waals surface area (Å²) in [5, 5.41) is 2.45. The van der Waals surface area contributed by atoms with Gasteiger partial charge in [-0.15, -0.1) is 6.58 Å². The molecule has 0 nitrogen and oxygen atoms in total. The van der Waals surface area contributed by atoms with Gasteiger partial charge in [0.05, 0.1) is 0 Å². The molecule has 1 heteroatoms. The molecule has 4 aromatic carbocycles. The zero-order chi connectivity index (χ0) is 23.8. The Morgan fingerprint density at radius 3 is 2.06 bits per heavy atom. The Morgan fingerprint density at radius 2 is 1.29 bits per heavy atom. The van der Waals surface area contributed by atoms with Gasteiger partial charge in [0.15, 0.2) is 0 Å². The third kappa shape index (κ3) is 6.03. The second-order valence-electron chi connectivity index (χ2n) is 9.28. The first kappa shape index (κ1) is 24.0. The zero-order valence-corrected chi connectivity index (χ0v) is 20.3. The van der Waals surface area contributed by atoms with Gasteiger partial charge in [0.1, 0.15) is 5.82 Å². The van der Waals surface area contributed by atoms with Gasteiger partial charge in [-0.05, 0) is 76.4 Å². The lowest BCUT2D eigenvalue weighted by Crippen LogP contribution is -1.89. The Morgan fingerprint density at radius 1 is 0.647 bits per heavy atom. The number of rotatable bonds is 11. The Balaban J connectivity index is 1.48. The van der Waals surface area contributed by atoms with Gasteiger partial charge in [-0.2, -0.15) is 0 Å². The predicted octanol–water partition coefficient (Wildman–Crippen LogP) is 9.94. The Bertz CT molecular complexity index is 1230. The van der Waals surface area contributed by atoms with Crippen LogP contribution in [-0.4, -0.2) is 0 Å². The third-order valence-electron chi connectivity index (χ3n) is 6.68. The van der Waals surface area contributed by atoms with Crippen molar-refractivity contribution in [1.82, 2.24) is 0 Å². The minimum atomic E-state index is -0.185. The van der Waals surface area contributed by atoms with Gasteiger partial charge in [-0.1, -0.05) is 105 Å². The summed E-state index contributed by atoms with van der Waals surface area (Å²) < 4.78 is 15.1. The van der Waals surface area contributed by atoms with E-state index in [2.05, 4.69) is 62.0 Å². The first-order chi connectivity index (χ1) is 16.7. The van der Waals surface area contributed by atoms with Gasteiger partial charge in [-0.25, -0.2) is 4.39 Å². The van der Waals surface area contributed by atoms with Crippen LogP contribution < -0.4 is 0 Å². The summed E-state index contributed by atoms with van der Waals surface area (Å²) in [5.74, 6) is -0.185. The fourth-order valence-electron chi connectivity index (χ4n) is 4.61. The average molecular weight is 451 g/mol. The molecule has 34 heavy (non-hydrogen) atoms. The molecule has 0 aliphatic carbocycles. The topological polar surface area (TPSA) is 0 Å². The molecule has 0 saturated carbocycles. The van der Waals surface area contributed by atoms with E-state index in [0.717, 1.165) is 36.0 Å². The number of hydrogen-bond donors (Lipinski definition) is 0. The van der Waals surface area contributed by atoms with Crippen molar-refractivity contribution in [3.8, 4) is 22.3 Å². The summed E-state index contributed by atoms with van der Waals surface area (Å²) in [5.41, 5.74) is 6.16. The summed E-state index contributed by atoms with van der Waals surface area (Å²) >= 11 is 0. The fourth-order valence-corrected chi connectivity index (χ4v) is 4.61. The van der Waals surface area contributed by atoms with Crippen LogP contribution in [0.25, 0.3) is 33.0 Å². The molecule has 0 saturated heterocycles. The van der Waals surface area contributed by atoms with E-state index in [0.29, 0.717) is 5.56 Å². The second kappa shape index (κ2) is 11.8. The van der Waals surface area contributed by atoms with Crippen molar-refractivity contribution in [3.63, 3.8) is 0 Å². The highest BCUT2D eigenvalue weighted by Crippen LogP contribution is 2.30. The van der Waals surface area contributed by atoms with Crippen molar-refractivity contribution in [2.75, 3.05) is 0 Å². The number of halogens is 1. The number of benzene rings is 4. The van der Waals surface area contributed by atoms with Crippen LogP contribution in [0, 0.1) is 5.82 Å². The highest BCUT2D eigenvalue weighted by molar-refractivity contribution is 5.88. The molecule has 0 aromatic heterocycles. The Labute approximate surface area is 204 Å². The number of allylic oxidation sites excluding steroid dienone is 1. The molecule has 4 aromatic rings. The van der Waals surface area contributed by atoms with Crippen LogP contribution in [0.15, 0.2) is 91.5 Å². The molecule has 0 atom stereocenters. The first-order valence-corrected chi connectivity index (χ1v) is 12.7. The van der Waals surface area contributed by atoms with Crippen molar-refractivity contribution >= 4 is 10.8 Å². The van der Waals surface area contributed by atoms with Crippen LogP contribution in [-0.2, 0) is 12.8 Å². The summed E-state index contributed by atoms with van der Waals surface area (Å²) in [6, 6.07) is 27.0. The van der Waals surface area contributed by atoms with Gasteiger partial charge in [0.25, 0.3) is 0 Å². The van der Waals surface area contributed by atoms with Crippen molar-refractivity contribution in [3.05, 3.63) is 108 Å². The minimum absolute atomic E-state index is 0.185. The minimum Gasteiger partial charge on any atom is -0.206 e. The molecule has 0 radical (unpaired) electrons. The van der Waals surface area contributed by atoms with Crippen LogP contribution in [0.3, 0.4) is 0 Å². The molecule has 0 aliphatic rings. The molecule has 0 amide bonds. The number of unbranched alkanes of at least 4 members (excludes halogenated alkanes) is 4. The largest absolute Gasteiger partial charge is 0.206 e. The maximum Gasteiger partial charge on any atom is 0.131 e. The third-order valence-corrected chi connectivity index (χ3v) is 6.68. The number of aryl methyl sites for hydroxylation is 2. The molecule has 0 N–H and O–H groups in total. The quantitative estimate of drug-likeness (QED) is 0.157. The first-order valence-electron chi connectivity index (χ1n) is 12.7. The lowest BCUT2D eigenvalue weighted by molar-refractivity contribution is 0.632. The van der Waals surface area contributed by atoms with E-state index in [1.54, 1.807) is 6.07 Å². The van der Waals surface area contributed by atoms with E-state index >= 15 is 4.39 Å². The predicted molar refractivity (Wildman–Crippen MR) is 146 cm³/mol. The molecule has 0 heterocycles. The molecular weight excluding hydrogens is 415 g/mol. The van der Waals surface area contributed by atoms with Crippen LogP contribution >= 0.6 is 0 Å². The van der Waals surface area contributed by atoms with E-state index in [4.69, 9.17) is 0 Å². The molecule has 0 fully saturated rings. The summed E-state index contributed by atoms with van der Waals surface area (Å²) in [6.45, 7) is 6.03. The second-order valence-corrected chi connectivity index (χ2v) is 9.28. The van der Waals surface area contributed by atoms with E-state index in [1.807, 2.05) is 30.3 Å². The zero-order valence-electron chi connectivity index (χ0n) is 20.3. The van der Waals surface area contributed by atoms with Crippen LogP contribution in [0.1, 0.15) is 56.6 Å². The fraction of sp³-hybridized carbons (Fsp3) is 0.273. The molecule has 0 unspecified atom stereocenters. The van der Waals surface area contributed by atoms with Crippen LogP contribution in [0.5, 0.6) is 0 Å². The highest BCUT2D eigenvalue weighted by Gasteiger charge is 2.09. The molecule has 0 spiro atoms. The molecule has 0 aliphatic heterocycles. The van der Waals surface area contributed by atoms with Gasteiger partial charge in [0.2, 0.25) is 0 Å². The maximum absolute atomic E-state index is 15.1. The van der Waals surface area contributed by atoms with Gasteiger partial charge in [-0.3, -0.25) is 0 Å². The van der Waals surface area contributed by atoms with Crippen molar-refractivity contribution < 1.29 is 4.39 Å². The van der Waals surface area contributed by atoms with E-state index in [-0.39, 0.29) is 5.82 Å². The van der Waals surface area contributed by atoms with Crippen molar-refractivity contribution in [2.45, 2.75) is 58.3 Å². The SMILES string of the molecule is C=CCCc1ccc(-c2ccc(-c3ccc4cc(CCCCCCC)ccc4c3)cc2F)cc1. The molecular formula is C33H35F. The van der Waals surface area contributed by atoms with Gasteiger partial charge in [0, 0.05) is 5.56 Å². The van der Waals surface area contributed by atoms with Crippen molar-refractivity contribution in [1.29, 1.82) is 0 Å². The number of fused-ring (bicyclic) bond motifs is 1. The van der Waals surface area contributed by atoms with E-state index in [9.17, 15) is 0 Å². The lowest BCUT2D eigenvalue weighted by atomic mass is 9.96. The summed E-state index contributed by atoms with van der Waals surface area (Å²) in [7, 11) is 0. The maximum atomic E-state index is 15.1. The summed E-state index contributed by atoms with van der Waals surface area (Å²) in [6.07, 6.45) is 11.5. The van der Waals surface area contributed by atoms with Gasteiger partial charge < -0.3 is 0 Å². The summed E-state index contributed by atoms with van der Waals surface area (Å²) in [4.78, 5) is 0. The average Bonchev–Trinajstić information content (AvgIpc) is 2.87. The lowest BCUT2D eigenvalue weighted by Gasteiger charge is -2.10. The standard InChI is InChI=1S/C33H35F/c1-3-5-7-8-9-11-26-14-17-29-23-30(19-18-28(29)22-26)31-20-21-32(33(34)24-31)27-15-12-25(13-16-27)10-6-4-2/h4,12-24H,2-3,5-11H2,1H3. The molecule has 0 bridgehead atoms. The van der Waals surface area contributed by atoms with Crippen LogP contribution in [0.4, 0.5) is 4.39 Å². The Kier molecular flexibility index (Phi) is 8.31. The van der Waals surface area contributed by atoms with Crippen LogP contribution in [0.2, 0.25) is 0 Å². The van der Waals surface area contributed by atoms with E-state index in [1.165, 1.54) is 54.0 Å². The van der Waals surface area contributed by atoms with E-state index < -0.39 is 0 Å². The molecule has 174 valence electrons. The number of hydrogen-bond acceptors (Lipinski definition) is 0. The highest BCUT2D eigenvalue weighted by atomic mass is 19.1. The van der Waals surface area contributed by atoms with Gasteiger partial charge >= 0.3 is 0 Å². The monoisotopic (exact) mass is 450 g/mol. The Hall–Kier alpha value is -3.19. The molecule has 4 rings (SSSR count). The smallest absolute Gasteiger partial charge is 0.131 e. The normalized spacial score (nSPS) is 11.1. The van der Waals surface area contributed by atoms with Crippen molar-refractivity contribution in [2.24, 2.45) is 0 Å².